The zero-order valence-electron chi connectivity index (χ0n) is 15.4. The summed E-state index contributed by atoms with van der Waals surface area (Å²) in [6, 6.07) is -0.697. The lowest BCUT2D eigenvalue weighted by Gasteiger charge is -2.35. The van der Waals surface area contributed by atoms with E-state index in [4.69, 9.17) is 4.74 Å². The van der Waals surface area contributed by atoms with E-state index >= 15 is 0 Å². The number of imide groups is 1. The average molecular weight is 353 g/mol. The number of hydrogen-bond acceptors (Lipinski definition) is 5. The number of carbonyl (C=O) groups excluding carboxylic acids is 3. The molecule has 0 bridgehead atoms. The lowest BCUT2D eigenvalue weighted by molar-refractivity contribution is -0.151. The first-order valence-electron chi connectivity index (χ1n) is 9.53. The Kier molecular flexibility index (Phi) is 7.68. The first kappa shape index (κ1) is 19.7. The van der Waals surface area contributed by atoms with Gasteiger partial charge in [-0.1, -0.05) is 19.3 Å². The van der Waals surface area contributed by atoms with E-state index in [0.29, 0.717) is 13.2 Å². The normalized spacial score (nSPS) is 23.5. The second-order valence-corrected chi connectivity index (χ2v) is 7.06. The summed E-state index contributed by atoms with van der Waals surface area (Å²) in [5.41, 5.74) is 0. The number of urea groups is 1. The molecule has 3 amide bonds. The SMILES string of the molecule is CCOC(=O)[C@H]1CCCN([C@@H](C)C(=O)NC(=O)NC2CCCCC2)C1. The maximum absolute atomic E-state index is 12.4. The van der Waals surface area contributed by atoms with E-state index in [2.05, 4.69) is 10.6 Å². The van der Waals surface area contributed by atoms with Crippen LogP contribution >= 0.6 is 0 Å². The highest BCUT2D eigenvalue weighted by Gasteiger charge is 2.32. The Labute approximate surface area is 149 Å². The van der Waals surface area contributed by atoms with Gasteiger partial charge in [-0.05, 0) is 46.1 Å². The summed E-state index contributed by atoms with van der Waals surface area (Å²) >= 11 is 0. The molecule has 2 rings (SSSR count). The average Bonchev–Trinajstić information content (AvgIpc) is 2.62. The number of esters is 1. The minimum absolute atomic E-state index is 0.167. The van der Waals surface area contributed by atoms with Crippen molar-refractivity contribution in [3.63, 3.8) is 0 Å². The summed E-state index contributed by atoms with van der Waals surface area (Å²) in [6.45, 7) is 5.18. The van der Waals surface area contributed by atoms with Crippen LogP contribution in [0.15, 0.2) is 0 Å². The van der Waals surface area contributed by atoms with E-state index in [-0.39, 0.29) is 23.8 Å². The van der Waals surface area contributed by atoms with Gasteiger partial charge in [0.05, 0.1) is 18.6 Å². The highest BCUT2D eigenvalue weighted by molar-refractivity contribution is 5.96. The number of hydrogen-bond donors (Lipinski definition) is 2. The van der Waals surface area contributed by atoms with Crippen LogP contribution in [0, 0.1) is 5.92 Å². The van der Waals surface area contributed by atoms with Crippen LogP contribution in [-0.2, 0) is 14.3 Å². The molecule has 0 unspecified atom stereocenters. The third kappa shape index (κ3) is 5.99. The van der Waals surface area contributed by atoms with Gasteiger partial charge < -0.3 is 10.1 Å². The Bertz CT molecular complexity index is 477. The van der Waals surface area contributed by atoms with Crippen LogP contribution in [0.2, 0.25) is 0 Å². The molecule has 0 radical (unpaired) electrons. The van der Waals surface area contributed by atoms with Crippen molar-refractivity contribution < 1.29 is 19.1 Å². The van der Waals surface area contributed by atoms with Gasteiger partial charge in [0.15, 0.2) is 0 Å². The Morgan fingerprint density at radius 3 is 2.52 bits per heavy atom. The number of nitrogens with zero attached hydrogens (tertiary/aromatic N) is 1. The fraction of sp³-hybridized carbons (Fsp3) is 0.833. The predicted octanol–water partition coefficient (Wildman–Crippen LogP) is 1.81. The van der Waals surface area contributed by atoms with Gasteiger partial charge in [0.1, 0.15) is 0 Å². The minimum atomic E-state index is -0.450. The molecule has 0 spiro atoms. The minimum Gasteiger partial charge on any atom is -0.466 e. The van der Waals surface area contributed by atoms with Crippen molar-refractivity contribution in [2.75, 3.05) is 19.7 Å². The van der Waals surface area contributed by atoms with Crippen LogP contribution in [0.1, 0.15) is 58.8 Å². The summed E-state index contributed by atoms with van der Waals surface area (Å²) in [7, 11) is 0. The third-order valence-electron chi connectivity index (χ3n) is 5.18. The van der Waals surface area contributed by atoms with Crippen molar-refractivity contribution in [2.24, 2.45) is 5.92 Å². The van der Waals surface area contributed by atoms with E-state index in [0.717, 1.165) is 45.1 Å². The van der Waals surface area contributed by atoms with E-state index in [1.54, 1.807) is 13.8 Å². The summed E-state index contributed by atoms with van der Waals surface area (Å²) < 4.78 is 5.09. The number of likely N-dealkylation sites (tertiary alicyclic amines) is 1. The van der Waals surface area contributed by atoms with Crippen LogP contribution in [0.4, 0.5) is 4.79 Å². The maximum atomic E-state index is 12.4. The Morgan fingerprint density at radius 1 is 1.12 bits per heavy atom. The highest BCUT2D eigenvalue weighted by Crippen LogP contribution is 2.20. The Morgan fingerprint density at radius 2 is 1.84 bits per heavy atom. The molecule has 0 aromatic heterocycles. The van der Waals surface area contributed by atoms with Crippen molar-refractivity contribution in [1.29, 1.82) is 0 Å². The first-order valence-corrected chi connectivity index (χ1v) is 9.53. The molecule has 1 saturated carbocycles. The predicted molar refractivity (Wildman–Crippen MR) is 93.9 cm³/mol. The molecule has 7 nitrogen and oxygen atoms in total. The molecule has 2 atom stereocenters. The molecule has 2 aliphatic rings. The fourth-order valence-electron chi connectivity index (χ4n) is 3.66. The second kappa shape index (κ2) is 9.75. The molecule has 1 saturated heterocycles. The number of rotatable bonds is 5. The largest absolute Gasteiger partial charge is 0.466 e. The van der Waals surface area contributed by atoms with Gasteiger partial charge in [0, 0.05) is 12.6 Å². The van der Waals surface area contributed by atoms with E-state index in [1.807, 2.05) is 4.90 Å². The number of carbonyl (C=O) groups is 3. The molecule has 142 valence electrons. The van der Waals surface area contributed by atoms with Crippen molar-refractivity contribution >= 4 is 17.9 Å². The molecule has 2 fully saturated rings. The lowest BCUT2D eigenvalue weighted by Crippen LogP contribution is -2.54. The van der Waals surface area contributed by atoms with Gasteiger partial charge in [0.2, 0.25) is 5.91 Å². The van der Waals surface area contributed by atoms with E-state index in [1.165, 1.54) is 6.42 Å². The Hall–Kier alpha value is -1.63. The lowest BCUT2D eigenvalue weighted by atomic mass is 9.96. The maximum Gasteiger partial charge on any atom is 0.321 e. The standard InChI is InChI=1S/C18H31N3O4/c1-3-25-17(23)14-8-7-11-21(12-14)13(2)16(22)20-18(24)19-15-9-5-4-6-10-15/h13-15H,3-12H2,1-2H3,(H2,19,20,22,24)/t13-,14-/m0/s1. The fourth-order valence-corrected chi connectivity index (χ4v) is 3.66. The van der Waals surface area contributed by atoms with Crippen LogP contribution < -0.4 is 10.6 Å². The molecule has 1 heterocycles. The zero-order chi connectivity index (χ0) is 18.2. The van der Waals surface area contributed by atoms with Gasteiger partial charge in [-0.2, -0.15) is 0 Å². The molecular weight excluding hydrogens is 322 g/mol. The van der Waals surface area contributed by atoms with Gasteiger partial charge >= 0.3 is 12.0 Å². The molecule has 0 aromatic rings. The van der Waals surface area contributed by atoms with Crippen molar-refractivity contribution in [3.05, 3.63) is 0 Å². The van der Waals surface area contributed by atoms with E-state index in [9.17, 15) is 14.4 Å². The summed E-state index contributed by atoms with van der Waals surface area (Å²) in [5.74, 6) is -0.715. The van der Waals surface area contributed by atoms with Gasteiger partial charge in [-0.15, -0.1) is 0 Å². The van der Waals surface area contributed by atoms with Crippen LogP contribution in [0.25, 0.3) is 0 Å². The number of nitrogens with one attached hydrogen (secondary N) is 2. The first-order chi connectivity index (χ1) is 12.0. The van der Waals surface area contributed by atoms with Crippen molar-refractivity contribution in [3.8, 4) is 0 Å². The number of ether oxygens (including phenoxy) is 1. The van der Waals surface area contributed by atoms with Crippen LogP contribution in [0.5, 0.6) is 0 Å². The molecule has 25 heavy (non-hydrogen) atoms. The smallest absolute Gasteiger partial charge is 0.321 e. The van der Waals surface area contributed by atoms with Crippen LogP contribution in [-0.4, -0.2) is 54.6 Å². The molecule has 0 aromatic carbocycles. The molecule has 2 N–H and O–H groups in total. The summed E-state index contributed by atoms with van der Waals surface area (Å²) in [6.07, 6.45) is 7.04. The second-order valence-electron chi connectivity index (χ2n) is 7.06. The van der Waals surface area contributed by atoms with E-state index < -0.39 is 12.1 Å². The van der Waals surface area contributed by atoms with Crippen molar-refractivity contribution in [2.45, 2.75) is 70.9 Å². The monoisotopic (exact) mass is 353 g/mol. The topological polar surface area (TPSA) is 87.7 Å². The molecule has 1 aliphatic carbocycles. The molecule has 7 heteroatoms. The number of piperidine rings is 1. The number of amides is 3. The highest BCUT2D eigenvalue weighted by atomic mass is 16.5. The molecular formula is C18H31N3O4. The molecule has 1 aliphatic heterocycles. The van der Waals surface area contributed by atoms with Crippen molar-refractivity contribution in [1.82, 2.24) is 15.5 Å². The van der Waals surface area contributed by atoms with Gasteiger partial charge in [-0.3, -0.25) is 19.8 Å². The summed E-state index contributed by atoms with van der Waals surface area (Å²) in [5, 5.41) is 5.33. The Balaban J connectivity index is 1.79. The summed E-state index contributed by atoms with van der Waals surface area (Å²) in [4.78, 5) is 38.3. The van der Waals surface area contributed by atoms with Gasteiger partial charge in [-0.25, -0.2) is 4.79 Å². The van der Waals surface area contributed by atoms with Gasteiger partial charge in [0.25, 0.3) is 0 Å². The quantitative estimate of drug-likeness (QED) is 0.736. The zero-order valence-corrected chi connectivity index (χ0v) is 15.4. The third-order valence-corrected chi connectivity index (χ3v) is 5.18. The van der Waals surface area contributed by atoms with Crippen LogP contribution in [0.3, 0.4) is 0 Å².